The maximum absolute atomic E-state index is 13.7. The molecule has 1 N–H and O–H groups in total. The number of alkyl halides is 2. The highest BCUT2D eigenvalue weighted by Gasteiger charge is 2.47. The summed E-state index contributed by atoms with van der Waals surface area (Å²) < 4.78 is 27.4. The highest BCUT2D eigenvalue weighted by atomic mass is 19.3. The number of nitrogens with zero attached hydrogens (tertiary/aromatic N) is 5. The minimum absolute atomic E-state index is 0.307. The summed E-state index contributed by atoms with van der Waals surface area (Å²) in [5, 5.41) is 12.2. The zero-order valence-corrected chi connectivity index (χ0v) is 22.9. The normalized spacial score (nSPS) is 19.5. The van der Waals surface area contributed by atoms with Crippen molar-refractivity contribution in [3.05, 3.63) is 71.2 Å². The lowest BCUT2D eigenvalue weighted by Gasteiger charge is -2.28. The topological polar surface area (TPSA) is 102 Å². The van der Waals surface area contributed by atoms with Crippen molar-refractivity contribution >= 4 is 34.9 Å². The average Bonchev–Trinajstić information content (AvgIpc) is 3.30. The van der Waals surface area contributed by atoms with Gasteiger partial charge in [-0.05, 0) is 80.7 Å². The zero-order chi connectivity index (χ0) is 29.0. The van der Waals surface area contributed by atoms with E-state index in [1.807, 2.05) is 36.5 Å². The van der Waals surface area contributed by atoms with Gasteiger partial charge in [-0.1, -0.05) is 24.3 Å². The molecule has 2 aromatic heterocycles. The van der Waals surface area contributed by atoms with E-state index >= 15 is 0 Å². The van der Waals surface area contributed by atoms with Gasteiger partial charge in [-0.25, -0.2) is 8.78 Å². The summed E-state index contributed by atoms with van der Waals surface area (Å²) >= 11 is 0. The average molecular weight is 559 g/mol. The summed E-state index contributed by atoms with van der Waals surface area (Å²) in [4.78, 5) is 37.7. The molecule has 1 aromatic carbocycles. The largest absolute Gasteiger partial charge is 0.343 e. The molecular weight excluding hydrogens is 526 g/mol. The van der Waals surface area contributed by atoms with Gasteiger partial charge in [0.2, 0.25) is 5.91 Å². The molecule has 2 saturated heterocycles. The Bertz CT molecular complexity index is 1490. The second-order valence-corrected chi connectivity index (χ2v) is 10.9. The lowest BCUT2D eigenvalue weighted by molar-refractivity contribution is -0.131. The first-order valence-electron chi connectivity index (χ1n) is 13.8. The van der Waals surface area contributed by atoms with Gasteiger partial charge in [0, 0.05) is 29.9 Å². The van der Waals surface area contributed by atoms with Crippen LogP contribution >= 0.6 is 0 Å². The number of likely N-dealkylation sites (tertiary alicyclic amines) is 2. The molecule has 0 saturated carbocycles. The van der Waals surface area contributed by atoms with Crippen LogP contribution in [0.15, 0.2) is 48.8 Å². The van der Waals surface area contributed by atoms with E-state index in [0.717, 1.165) is 41.2 Å². The Hall–Kier alpha value is -4.23. The van der Waals surface area contributed by atoms with Crippen LogP contribution in [0.4, 0.5) is 8.78 Å². The summed E-state index contributed by atoms with van der Waals surface area (Å²) in [6.07, 6.45) is 9.95. The predicted molar refractivity (Wildman–Crippen MR) is 152 cm³/mol. The second-order valence-electron chi connectivity index (χ2n) is 10.9. The van der Waals surface area contributed by atoms with Crippen LogP contribution in [0.25, 0.3) is 23.1 Å². The van der Waals surface area contributed by atoms with E-state index in [4.69, 9.17) is 5.26 Å². The number of hydrogen-bond acceptors (Lipinski definition) is 6. The molecule has 0 radical (unpaired) electrons. The van der Waals surface area contributed by atoms with E-state index in [0.29, 0.717) is 22.4 Å². The van der Waals surface area contributed by atoms with Gasteiger partial charge in [-0.2, -0.15) is 5.26 Å². The summed E-state index contributed by atoms with van der Waals surface area (Å²) in [5.41, 5.74) is 3.82. The molecule has 4 heterocycles. The Morgan fingerprint density at radius 1 is 1.12 bits per heavy atom. The van der Waals surface area contributed by atoms with Gasteiger partial charge in [0.25, 0.3) is 11.8 Å². The van der Waals surface area contributed by atoms with Crippen molar-refractivity contribution < 1.29 is 18.4 Å². The van der Waals surface area contributed by atoms with Crippen molar-refractivity contribution in [2.75, 3.05) is 33.2 Å². The molecule has 8 nitrogen and oxygen atoms in total. The molecule has 1 atom stereocenters. The molecule has 2 fully saturated rings. The molecule has 2 aliphatic heterocycles. The zero-order valence-electron chi connectivity index (χ0n) is 22.9. The predicted octanol–water partition coefficient (Wildman–Crippen LogP) is 4.17. The molecule has 1 unspecified atom stereocenters. The maximum Gasteiger partial charge on any atom is 0.268 e. The fourth-order valence-electron chi connectivity index (χ4n) is 5.42. The summed E-state index contributed by atoms with van der Waals surface area (Å²) in [7, 11) is 2.16. The summed E-state index contributed by atoms with van der Waals surface area (Å²) in [6, 6.07) is 11.7. The minimum atomic E-state index is -3.12. The number of nitriles is 1. The number of hydrogen-bond donors (Lipinski definition) is 1. The number of carbonyl (C=O) groups is 2. The third-order valence-electron chi connectivity index (χ3n) is 7.80. The molecule has 212 valence electrons. The number of piperidine rings is 1. The Morgan fingerprint density at radius 2 is 1.88 bits per heavy atom. The molecule has 0 aliphatic carbocycles. The number of amides is 2. The molecule has 41 heavy (non-hydrogen) atoms. The van der Waals surface area contributed by atoms with Crippen LogP contribution in [0, 0.1) is 17.2 Å². The van der Waals surface area contributed by atoms with Crippen LogP contribution < -0.4 is 5.32 Å². The van der Waals surface area contributed by atoms with Crippen LogP contribution in [-0.4, -0.2) is 76.8 Å². The van der Waals surface area contributed by atoms with Gasteiger partial charge in [0.1, 0.15) is 6.04 Å². The molecular formula is C31H32F2N6O2. The van der Waals surface area contributed by atoms with Gasteiger partial charge in [0.15, 0.2) is 0 Å². The monoisotopic (exact) mass is 558 g/mol. The first-order valence-corrected chi connectivity index (χ1v) is 13.8. The van der Waals surface area contributed by atoms with Crippen molar-refractivity contribution in [2.24, 2.45) is 5.92 Å². The van der Waals surface area contributed by atoms with Crippen molar-refractivity contribution in [3.63, 3.8) is 0 Å². The first kappa shape index (κ1) is 28.3. The number of benzene rings is 1. The van der Waals surface area contributed by atoms with E-state index < -0.39 is 43.3 Å². The summed E-state index contributed by atoms with van der Waals surface area (Å²) in [6.45, 7) is 0.954. The standard InChI is InChI=1S/C31H32F2N6O2/c1-38-12-9-22(10-13-38)14-24-6-4-23(18-36-24)3-2-21-5-7-28-27(15-21)26(8-11-35-28)30(41)37-19-29(40)39-20-31(32,33)16-25(39)17-34/h2-8,11,15,18,22,25H,9-10,12-14,16,19-20H2,1H3,(H,37,41)/b3-2+. The van der Waals surface area contributed by atoms with E-state index in [9.17, 15) is 18.4 Å². The lowest BCUT2D eigenvalue weighted by atomic mass is 9.92. The molecule has 5 rings (SSSR count). The van der Waals surface area contributed by atoms with E-state index in [1.54, 1.807) is 12.1 Å². The Morgan fingerprint density at radius 3 is 2.61 bits per heavy atom. The number of pyridine rings is 2. The van der Waals surface area contributed by atoms with Crippen molar-refractivity contribution in [2.45, 2.75) is 37.6 Å². The second kappa shape index (κ2) is 12.1. The smallest absolute Gasteiger partial charge is 0.268 e. The fraction of sp³-hybridized carbons (Fsp3) is 0.387. The third-order valence-corrected chi connectivity index (χ3v) is 7.80. The first-order chi connectivity index (χ1) is 19.7. The molecule has 0 spiro atoms. The highest BCUT2D eigenvalue weighted by Crippen LogP contribution is 2.31. The Labute approximate surface area is 237 Å². The van der Waals surface area contributed by atoms with Crippen molar-refractivity contribution in [3.8, 4) is 6.07 Å². The van der Waals surface area contributed by atoms with Crippen LogP contribution in [0.2, 0.25) is 0 Å². The number of carbonyl (C=O) groups excluding carboxylic acids is 2. The third kappa shape index (κ3) is 6.92. The van der Waals surface area contributed by atoms with Crippen molar-refractivity contribution in [1.29, 1.82) is 5.26 Å². The lowest BCUT2D eigenvalue weighted by Crippen LogP contribution is -2.43. The van der Waals surface area contributed by atoms with Gasteiger partial charge in [0.05, 0.1) is 30.2 Å². The maximum atomic E-state index is 13.7. The van der Waals surface area contributed by atoms with Gasteiger partial charge in [-0.3, -0.25) is 19.6 Å². The van der Waals surface area contributed by atoms with Crippen molar-refractivity contribution in [1.82, 2.24) is 25.1 Å². The minimum Gasteiger partial charge on any atom is -0.343 e. The van der Waals surface area contributed by atoms with E-state index in [2.05, 4.69) is 39.4 Å². The number of nitrogens with one attached hydrogen (secondary N) is 1. The van der Waals surface area contributed by atoms with Gasteiger partial charge >= 0.3 is 0 Å². The number of rotatable bonds is 7. The van der Waals surface area contributed by atoms with E-state index in [-0.39, 0.29) is 0 Å². The van der Waals surface area contributed by atoms with Crippen LogP contribution in [-0.2, 0) is 11.2 Å². The van der Waals surface area contributed by atoms with E-state index in [1.165, 1.54) is 19.0 Å². The van der Waals surface area contributed by atoms with Crippen LogP contribution in [0.5, 0.6) is 0 Å². The van der Waals surface area contributed by atoms with Gasteiger partial charge in [-0.15, -0.1) is 0 Å². The molecule has 0 bridgehead atoms. The number of halogens is 2. The summed E-state index contributed by atoms with van der Waals surface area (Å²) in [5.74, 6) is -3.70. The Balaban J connectivity index is 1.23. The highest BCUT2D eigenvalue weighted by molar-refractivity contribution is 6.07. The fourth-order valence-corrected chi connectivity index (χ4v) is 5.42. The Kier molecular flexibility index (Phi) is 8.36. The quantitative estimate of drug-likeness (QED) is 0.467. The SMILES string of the molecule is CN1CCC(Cc2ccc(/C=C/c3ccc4nccc(C(=O)NCC(=O)N5CC(F)(F)CC5C#N)c4c3)cn2)CC1. The van der Waals surface area contributed by atoms with Crippen LogP contribution in [0.1, 0.15) is 46.4 Å². The number of fused-ring (bicyclic) bond motifs is 1. The molecule has 3 aromatic rings. The molecule has 10 heteroatoms. The van der Waals surface area contributed by atoms with Crippen LogP contribution in [0.3, 0.4) is 0 Å². The molecule has 2 aliphatic rings. The number of aromatic nitrogens is 2. The van der Waals surface area contributed by atoms with Gasteiger partial charge < -0.3 is 15.1 Å². The molecule has 2 amide bonds.